The molecular formula is C28H32Zr. The maximum Gasteiger partial charge on any atom is 2.00 e. The molecule has 0 unspecified atom stereocenters. The largest absolute Gasteiger partial charge is 2.00 e. The van der Waals surface area contributed by atoms with E-state index in [0.717, 1.165) is 25.7 Å². The van der Waals surface area contributed by atoms with E-state index < -0.39 is 0 Å². The number of aryl methyl sites for hydroxylation is 2. The van der Waals surface area contributed by atoms with Crippen LogP contribution in [0, 0.1) is 12.2 Å². The summed E-state index contributed by atoms with van der Waals surface area (Å²) in [6, 6.07) is 21.2. The average Bonchev–Trinajstić information content (AvgIpc) is 3.29. The predicted octanol–water partition coefficient (Wildman–Crippen LogP) is 7.64. The minimum Gasteiger partial charge on any atom is -0.270 e. The fraction of sp³-hybridized carbons (Fsp3) is 0.286. The van der Waals surface area contributed by atoms with Crippen LogP contribution in [0.15, 0.2) is 95.1 Å². The van der Waals surface area contributed by atoms with E-state index in [9.17, 15) is 0 Å². The third-order valence-electron chi connectivity index (χ3n) is 5.12. The molecule has 0 saturated heterocycles. The quantitative estimate of drug-likeness (QED) is 0.414. The van der Waals surface area contributed by atoms with Gasteiger partial charge in [-0.25, -0.2) is 22.3 Å². The molecule has 148 valence electrons. The molecule has 29 heavy (non-hydrogen) atoms. The van der Waals surface area contributed by atoms with E-state index in [0.29, 0.717) is 0 Å². The Morgan fingerprint density at radius 1 is 0.586 bits per heavy atom. The van der Waals surface area contributed by atoms with Crippen LogP contribution < -0.4 is 0 Å². The molecule has 0 atom stereocenters. The second kappa shape index (κ2) is 14.3. The Kier molecular flexibility index (Phi) is 12.5. The summed E-state index contributed by atoms with van der Waals surface area (Å²) < 4.78 is 0. The van der Waals surface area contributed by atoms with Crippen molar-refractivity contribution in [3.05, 3.63) is 118 Å². The molecule has 1 heteroatoms. The smallest absolute Gasteiger partial charge is 0.270 e. The summed E-state index contributed by atoms with van der Waals surface area (Å²) in [6.45, 7) is 8.43. The molecule has 0 aliphatic heterocycles. The maximum atomic E-state index is 3.19. The van der Waals surface area contributed by atoms with Crippen molar-refractivity contribution in [1.29, 1.82) is 0 Å². The van der Waals surface area contributed by atoms with Crippen molar-refractivity contribution < 1.29 is 26.2 Å². The Bertz CT molecular complexity index is 731. The Balaban J connectivity index is 0.000000237. The van der Waals surface area contributed by atoms with Gasteiger partial charge in [0.15, 0.2) is 0 Å². The number of benzene rings is 2. The maximum absolute atomic E-state index is 3.19. The topological polar surface area (TPSA) is 0 Å². The first-order valence-corrected chi connectivity index (χ1v) is 10.1. The zero-order valence-electron chi connectivity index (χ0n) is 18.3. The van der Waals surface area contributed by atoms with Gasteiger partial charge < -0.3 is 0 Å². The summed E-state index contributed by atoms with van der Waals surface area (Å²) >= 11 is 0. The minimum absolute atomic E-state index is 0. The van der Waals surface area contributed by atoms with E-state index in [1.54, 1.807) is 0 Å². The molecule has 2 aliphatic rings. The molecule has 0 heterocycles. The van der Waals surface area contributed by atoms with Gasteiger partial charge in [0.2, 0.25) is 0 Å². The normalized spacial score (nSPS) is 14.1. The molecular weight excluding hydrogens is 428 g/mol. The van der Waals surface area contributed by atoms with Gasteiger partial charge in [0.25, 0.3) is 0 Å². The van der Waals surface area contributed by atoms with Crippen LogP contribution in [-0.2, 0) is 39.0 Å². The van der Waals surface area contributed by atoms with E-state index in [4.69, 9.17) is 0 Å². The summed E-state index contributed by atoms with van der Waals surface area (Å²) in [5, 5.41) is 0. The first-order chi connectivity index (χ1) is 13.6. The summed E-state index contributed by atoms with van der Waals surface area (Å²) in [7, 11) is 0. The first kappa shape index (κ1) is 25.3. The fourth-order valence-electron chi connectivity index (χ4n) is 2.88. The molecule has 2 aliphatic carbocycles. The molecule has 0 radical (unpaired) electrons. The van der Waals surface area contributed by atoms with E-state index in [2.05, 4.69) is 113 Å². The summed E-state index contributed by atoms with van der Waals surface area (Å²) in [5.41, 5.74) is 8.24. The average molecular weight is 460 g/mol. The molecule has 0 spiro atoms. The van der Waals surface area contributed by atoms with E-state index >= 15 is 0 Å². The van der Waals surface area contributed by atoms with E-state index in [1.807, 2.05) is 0 Å². The fourth-order valence-corrected chi connectivity index (χ4v) is 2.88. The summed E-state index contributed by atoms with van der Waals surface area (Å²) in [6.07, 6.45) is 15.1. The van der Waals surface area contributed by atoms with Crippen molar-refractivity contribution in [2.45, 2.75) is 53.4 Å². The molecule has 0 aromatic heterocycles. The van der Waals surface area contributed by atoms with E-state index in [-0.39, 0.29) is 26.2 Å². The van der Waals surface area contributed by atoms with Crippen molar-refractivity contribution in [2.75, 3.05) is 0 Å². The molecule has 0 nitrogen and oxygen atoms in total. The van der Waals surface area contributed by atoms with Crippen LogP contribution in [0.1, 0.15) is 51.7 Å². The van der Waals surface area contributed by atoms with Gasteiger partial charge in [-0.05, 0) is 24.0 Å². The number of allylic oxidation sites excluding steroid dienone is 8. The Morgan fingerprint density at radius 2 is 0.931 bits per heavy atom. The van der Waals surface area contributed by atoms with Gasteiger partial charge in [0.05, 0.1) is 0 Å². The molecule has 4 rings (SSSR count). The zero-order valence-corrected chi connectivity index (χ0v) is 20.7. The van der Waals surface area contributed by atoms with Crippen LogP contribution in [0.2, 0.25) is 0 Å². The second-order valence-corrected chi connectivity index (χ2v) is 7.26. The summed E-state index contributed by atoms with van der Waals surface area (Å²) in [4.78, 5) is 0. The monoisotopic (exact) mass is 458 g/mol. The van der Waals surface area contributed by atoms with Crippen LogP contribution in [0.4, 0.5) is 0 Å². The number of rotatable bonds is 3. The van der Waals surface area contributed by atoms with E-state index in [1.165, 1.54) is 33.4 Å². The SMILES string of the molecule is CC1=[C-]CC=C1C.CC1=[C-]CC=C1C.[Zr+2].c1ccc(CCc2ccccc2)cc1. The van der Waals surface area contributed by atoms with Crippen molar-refractivity contribution in [3.63, 3.8) is 0 Å². The van der Waals surface area contributed by atoms with Crippen molar-refractivity contribution in [1.82, 2.24) is 0 Å². The van der Waals surface area contributed by atoms with Crippen LogP contribution in [0.3, 0.4) is 0 Å². The van der Waals surface area contributed by atoms with Crippen LogP contribution in [0.5, 0.6) is 0 Å². The predicted molar refractivity (Wildman–Crippen MR) is 122 cm³/mol. The van der Waals surface area contributed by atoms with Crippen LogP contribution >= 0.6 is 0 Å². The Hall–Kier alpha value is -1.72. The van der Waals surface area contributed by atoms with Gasteiger partial charge in [-0.3, -0.25) is 12.2 Å². The third-order valence-corrected chi connectivity index (χ3v) is 5.12. The van der Waals surface area contributed by atoms with Crippen molar-refractivity contribution in [3.8, 4) is 0 Å². The van der Waals surface area contributed by atoms with Crippen LogP contribution in [0.25, 0.3) is 0 Å². The Labute approximate surface area is 197 Å². The third kappa shape index (κ3) is 10.0. The van der Waals surface area contributed by atoms with Crippen LogP contribution in [-0.4, -0.2) is 0 Å². The molecule has 0 N–H and O–H groups in total. The van der Waals surface area contributed by atoms with Crippen molar-refractivity contribution in [2.24, 2.45) is 0 Å². The molecule has 0 bridgehead atoms. The molecule has 0 amide bonds. The molecule has 0 fully saturated rings. The molecule has 0 saturated carbocycles. The van der Waals surface area contributed by atoms with Gasteiger partial charge in [-0.2, -0.15) is 12.2 Å². The minimum atomic E-state index is 0. The van der Waals surface area contributed by atoms with Gasteiger partial charge in [-0.15, -0.1) is 26.7 Å². The van der Waals surface area contributed by atoms with Gasteiger partial charge in [0, 0.05) is 0 Å². The van der Waals surface area contributed by atoms with Crippen molar-refractivity contribution >= 4 is 0 Å². The standard InChI is InChI=1S/C14H14.2C7H9.Zr/c1-3-7-13(8-4-1)11-12-14-9-5-2-6-10-14;2*1-6-4-3-5-7(6)2;/h1-10H,11-12H2;2*4H,3H2,1-2H3;/q;2*-1;+2. The zero-order chi connectivity index (χ0) is 20.2. The number of hydrogen-bond donors (Lipinski definition) is 0. The number of hydrogen-bond acceptors (Lipinski definition) is 0. The molecule has 2 aromatic rings. The summed E-state index contributed by atoms with van der Waals surface area (Å²) in [5.74, 6) is 0. The van der Waals surface area contributed by atoms with Gasteiger partial charge in [-0.1, -0.05) is 74.5 Å². The Morgan fingerprint density at radius 3 is 1.14 bits per heavy atom. The molecule has 2 aromatic carbocycles. The second-order valence-electron chi connectivity index (χ2n) is 7.26. The first-order valence-electron chi connectivity index (χ1n) is 10.1. The van der Waals surface area contributed by atoms with Gasteiger partial charge in [0.1, 0.15) is 0 Å². The van der Waals surface area contributed by atoms with Gasteiger partial charge >= 0.3 is 26.2 Å².